The van der Waals surface area contributed by atoms with E-state index in [4.69, 9.17) is 0 Å². The number of alkyl halides is 2. The third kappa shape index (κ3) is 4.22. The number of halogens is 2. The molecule has 0 saturated carbocycles. The summed E-state index contributed by atoms with van der Waals surface area (Å²) in [7, 11) is -0.564. The van der Waals surface area contributed by atoms with E-state index in [1.165, 1.54) is 12.1 Å². The van der Waals surface area contributed by atoms with Crippen molar-refractivity contribution in [1.82, 2.24) is 4.90 Å². The van der Waals surface area contributed by atoms with Crippen LogP contribution in [0.25, 0.3) is 0 Å². The van der Waals surface area contributed by atoms with Gasteiger partial charge >= 0.3 is 5.76 Å². The van der Waals surface area contributed by atoms with E-state index in [9.17, 15) is 17.2 Å². The molecule has 0 N–H and O–H groups in total. The fourth-order valence-corrected chi connectivity index (χ4v) is 2.92. The van der Waals surface area contributed by atoms with Gasteiger partial charge in [-0.25, -0.2) is 8.42 Å². The zero-order valence-corrected chi connectivity index (χ0v) is 11.8. The van der Waals surface area contributed by atoms with Crippen molar-refractivity contribution in [2.45, 2.75) is 15.5 Å². The van der Waals surface area contributed by atoms with Crippen LogP contribution in [0.2, 0.25) is 0 Å². The van der Waals surface area contributed by atoms with Gasteiger partial charge in [-0.1, -0.05) is 0 Å². The number of thioether (sulfide) groups is 1. The van der Waals surface area contributed by atoms with E-state index in [-0.39, 0.29) is 4.90 Å². The molecule has 0 aliphatic heterocycles. The normalized spacial score (nSPS) is 12.3. The van der Waals surface area contributed by atoms with Gasteiger partial charge in [-0.2, -0.15) is 8.78 Å². The first-order valence-corrected chi connectivity index (χ1v) is 7.77. The van der Waals surface area contributed by atoms with Crippen molar-refractivity contribution in [2.75, 3.05) is 26.4 Å². The lowest BCUT2D eigenvalue weighted by Gasteiger charge is -2.09. The zero-order chi connectivity index (χ0) is 13.8. The van der Waals surface area contributed by atoms with Gasteiger partial charge in [-0.05, 0) is 38.4 Å². The number of rotatable bonds is 6. The van der Waals surface area contributed by atoms with Crippen molar-refractivity contribution < 1.29 is 17.2 Å². The largest absolute Gasteiger partial charge is 0.341 e. The van der Waals surface area contributed by atoms with Crippen LogP contribution >= 0.6 is 11.8 Å². The average molecular weight is 295 g/mol. The number of sulfone groups is 1. The van der Waals surface area contributed by atoms with Crippen LogP contribution in [0.4, 0.5) is 8.78 Å². The molecule has 102 valence electrons. The second kappa shape index (κ2) is 6.49. The number of nitrogens with zero attached hydrogens (tertiary/aromatic N) is 1. The molecule has 3 nitrogen and oxygen atoms in total. The molecular weight excluding hydrogens is 280 g/mol. The van der Waals surface area contributed by atoms with E-state index in [2.05, 4.69) is 0 Å². The van der Waals surface area contributed by atoms with Crippen molar-refractivity contribution in [3.63, 3.8) is 0 Å². The van der Waals surface area contributed by atoms with Crippen molar-refractivity contribution >= 4 is 21.6 Å². The zero-order valence-electron chi connectivity index (χ0n) is 10.1. The van der Waals surface area contributed by atoms with Crippen LogP contribution in [0.15, 0.2) is 34.1 Å². The highest BCUT2D eigenvalue weighted by Gasteiger charge is 2.26. The predicted octanol–water partition coefficient (Wildman–Crippen LogP) is 2.34. The molecule has 0 aliphatic rings. The molecule has 0 radical (unpaired) electrons. The molecule has 0 aromatic heterocycles. The van der Waals surface area contributed by atoms with Crippen LogP contribution in [0.3, 0.4) is 0 Å². The maximum absolute atomic E-state index is 12.3. The van der Waals surface area contributed by atoms with Crippen LogP contribution in [0.1, 0.15) is 0 Å². The molecule has 1 aromatic carbocycles. The second-order valence-electron chi connectivity index (χ2n) is 3.93. The van der Waals surface area contributed by atoms with Crippen molar-refractivity contribution in [1.29, 1.82) is 0 Å². The van der Waals surface area contributed by atoms with Crippen molar-refractivity contribution in [3.8, 4) is 0 Å². The third-order valence-electron chi connectivity index (χ3n) is 2.19. The van der Waals surface area contributed by atoms with Gasteiger partial charge in [0, 0.05) is 17.2 Å². The van der Waals surface area contributed by atoms with Crippen LogP contribution in [0, 0.1) is 0 Å². The minimum absolute atomic E-state index is 0.338. The summed E-state index contributed by atoms with van der Waals surface area (Å²) in [4.78, 5) is 2.56. The molecule has 0 heterocycles. The third-order valence-corrected chi connectivity index (χ3v) is 4.58. The summed E-state index contributed by atoms with van der Waals surface area (Å²) in [5, 5.41) is 0. The fourth-order valence-electron chi connectivity index (χ4n) is 1.17. The van der Waals surface area contributed by atoms with Gasteiger partial charge < -0.3 is 4.90 Å². The Bertz CT molecular complexity index is 472. The van der Waals surface area contributed by atoms with Crippen LogP contribution < -0.4 is 0 Å². The molecule has 0 atom stereocenters. The first kappa shape index (κ1) is 15.4. The van der Waals surface area contributed by atoms with Gasteiger partial charge in [0.15, 0.2) is 0 Å². The van der Waals surface area contributed by atoms with E-state index in [1.807, 2.05) is 19.0 Å². The average Bonchev–Trinajstić information content (AvgIpc) is 2.29. The molecule has 0 aliphatic carbocycles. The van der Waals surface area contributed by atoms with Crippen LogP contribution in [0.5, 0.6) is 0 Å². The monoisotopic (exact) mass is 295 g/mol. The van der Waals surface area contributed by atoms with Gasteiger partial charge in [0.1, 0.15) is 0 Å². The summed E-state index contributed by atoms with van der Waals surface area (Å²) in [6, 6.07) is 5.55. The van der Waals surface area contributed by atoms with Crippen LogP contribution in [-0.2, 0) is 9.84 Å². The summed E-state index contributed by atoms with van der Waals surface area (Å²) < 4.78 is 46.9. The number of hydrogen-bond acceptors (Lipinski definition) is 4. The Morgan fingerprint density at radius 3 is 2.22 bits per heavy atom. The number of benzene rings is 1. The van der Waals surface area contributed by atoms with Gasteiger partial charge in [-0.3, -0.25) is 0 Å². The van der Waals surface area contributed by atoms with Crippen LogP contribution in [-0.4, -0.2) is 45.5 Å². The molecule has 1 aromatic rings. The molecule has 0 saturated heterocycles. The van der Waals surface area contributed by atoms with E-state index < -0.39 is 15.6 Å². The minimum Gasteiger partial charge on any atom is -0.309 e. The number of hydrogen-bond donors (Lipinski definition) is 0. The Kier molecular flexibility index (Phi) is 5.55. The Morgan fingerprint density at radius 1 is 1.22 bits per heavy atom. The maximum atomic E-state index is 12.3. The summed E-state index contributed by atoms with van der Waals surface area (Å²) in [5.74, 6) is -2.52. The van der Waals surface area contributed by atoms with E-state index in [0.29, 0.717) is 0 Å². The topological polar surface area (TPSA) is 37.4 Å². The Hall–Kier alpha value is -0.660. The van der Waals surface area contributed by atoms with Gasteiger partial charge in [-0.15, -0.1) is 11.8 Å². The Balaban J connectivity index is 2.69. The Morgan fingerprint density at radius 2 is 1.78 bits per heavy atom. The molecule has 0 bridgehead atoms. The smallest absolute Gasteiger partial charge is 0.309 e. The lowest BCUT2D eigenvalue weighted by Crippen LogP contribution is -2.14. The molecule has 0 unspecified atom stereocenters. The molecular formula is C11H15F2NO2S2. The van der Waals surface area contributed by atoms with Crippen molar-refractivity contribution in [2.24, 2.45) is 0 Å². The second-order valence-corrected chi connectivity index (χ2v) is 7.01. The summed E-state index contributed by atoms with van der Waals surface area (Å²) in [5.41, 5.74) is 0. The van der Waals surface area contributed by atoms with E-state index in [0.717, 1.165) is 17.2 Å². The first-order valence-electron chi connectivity index (χ1n) is 5.23. The van der Waals surface area contributed by atoms with Gasteiger partial charge in [0.05, 0.1) is 4.90 Å². The maximum Gasteiger partial charge on any atom is 0.341 e. The van der Waals surface area contributed by atoms with Gasteiger partial charge in [0.25, 0.3) is 0 Å². The molecule has 0 spiro atoms. The fraction of sp³-hybridized carbons (Fsp3) is 0.455. The lowest BCUT2D eigenvalue weighted by molar-refractivity contribution is 0.234. The Labute approximate surface area is 110 Å². The molecule has 0 fully saturated rings. The van der Waals surface area contributed by atoms with Crippen molar-refractivity contribution in [3.05, 3.63) is 24.3 Å². The summed E-state index contributed by atoms with van der Waals surface area (Å²) >= 11 is 1.55. The predicted molar refractivity (Wildman–Crippen MR) is 68.9 cm³/mol. The highest BCUT2D eigenvalue weighted by Crippen LogP contribution is 2.23. The minimum atomic E-state index is -4.48. The molecule has 0 amide bonds. The van der Waals surface area contributed by atoms with E-state index >= 15 is 0 Å². The molecule has 1 rings (SSSR count). The highest BCUT2D eigenvalue weighted by atomic mass is 32.2. The molecule has 7 heteroatoms. The van der Waals surface area contributed by atoms with E-state index in [1.54, 1.807) is 23.9 Å². The SMILES string of the molecule is CN(C)CCSc1ccc(S(=O)(=O)C(F)F)cc1. The first-order chi connectivity index (χ1) is 8.34. The highest BCUT2D eigenvalue weighted by molar-refractivity contribution is 7.99. The quantitative estimate of drug-likeness (QED) is 0.755. The summed E-state index contributed by atoms with van der Waals surface area (Å²) in [6.45, 7) is 0.891. The lowest BCUT2D eigenvalue weighted by atomic mass is 10.4. The van der Waals surface area contributed by atoms with Gasteiger partial charge in [0.2, 0.25) is 9.84 Å². The standard InChI is InChI=1S/C11H15F2NO2S2/c1-14(2)7-8-17-9-3-5-10(6-4-9)18(15,16)11(12)13/h3-6,11H,7-8H2,1-2H3. The summed E-state index contributed by atoms with van der Waals surface area (Å²) in [6.07, 6.45) is 0. The molecule has 18 heavy (non-hydrogen) atoms.